The first kappa shape index (κ1) is 15.2. The van der Waals surface area contributed by atoms with Crippen molar-refractivity contribution in [3.05, 3.63) is 17.5 Å². The van der Waals surface area contributed by atoms with E-state index in [-0.39, 0.29) is 12.3 Å². The van der Waals surface area contributed by atoms with Crippen molar-refractivity contribution >= 4 is 11.9 Å². The van der Waals surface area contributed by atoms with Crippen LogP contribution in [-0.2, 0) is 16.1 Å². The van der Waals surface area contributed by atoms with Gasteiger partial charge in [0.05, 0.1) is 5.69 Å². The molecule has 1 amide bonds. The van der Waals surface area contributed by atoms with Crippen LogP contribution in [0.5, 0.6) is 0 Å². The predicted octanol–water partition coefficient (Wildman–Crippen LogP) is 1.21. The molecule has 1 aromatic rings. The molecule has 1 N–H and O–H groups in total. The molecule has 0 aliphatic heterocycles. The third-order valence-corrected chi connectivity index (χ3v) is 2.95. The fourth-order valence-electron chi connectivity index (χ4n) is 1.89. The summed E-state index contributed by atoms with van der Waals surface area (Å²) in [7, 11) is 1.70. The number of carbonyl (C=O) groups is 2. The Bertz CT molecular complexity index is 454. The van der Waals surface area contributed by atoms with Crippen LogP contribution < -0.4 is 0 Å². The molecule has 6 heteroatoms. The number of aryl methyl sites for hydroxylation is 3. The first-order chi connectivity index (χ1) is 8.90. The number of carboxylic acid groups (broad SMARTS) is 1. The molecule has 0 aliphatic rings. The maximum Gasteiger partial charge on any atom is 0.303 e. The second-order valence-electron chi connectivity index (χ2n) is 4.71. The van der Waals surface area contributed by atoms with Gasteiger partial charge in [0.25, 0.3) is 0 Å². The predicted molar refractivity (Wildman–Crippen MR) is 70.8 cm³/mol. The van der Waals surface area contributed by atoms with Crippen LogP contribution in [0.25, 0.3) is 0 Å². The molecule has 0 saturated carbocycles. The van der Waals surface area contributed by atoms with Crippen LogP contribution in [0, 0.1) is 13.8 Å². The van der Waals surface area contributed by atoms with Crippen LogP contribution in [0.1, 0.15) is 30.7 Å². The highest BCUT2D eigenvalue weighted by atomic mass is 16.4. The Hall–Kier alpha value is -1.85. The van der Waals surface area contributed by atoms with Crippen molar-refractivity contribution in [1.82, 2.24) is 14.7 Å². The summed E-state index contributed by atoms with van der Waals surface area (Å²) in [6.45, 7) is 4.91. The number of rotatable bonds is 7. The molecule has 1 rings (SSSR count). The molecule has 1 aromatic heterocycles. The average Bonchev–Trinajstić information content (AvgIpc) is 2.64. The first-order valence-electron chi connectivity index (χ1n) is 6.37. The number of carboxylic acids is 1. The van der Waals surface area contributed by atoms with Crippen molar-refractivity contribution in [3.63, 3.8) is 0 Å². The van der Waals surface area contributed by atoms with Crippen LogP contribution in [-0.4, -0.2) is 45.3 Å². The molecule has 0 saturated heterocycles. The second kappa shape index (κ2) is 6.92. The summed E-state index contributed by atoms with van der Waals surface area (Å²) >= 11 is 0. The molecule has 0 unspecified atom stereocenters. The Balaban J connectivity index is 2.34. The molecular formula is C13H21N3O3. The Morgan fingerprint density at radius 1 is 1.37 bits per heavy atom. The molecule has 1 heterocycles. The number of amides is 1. The summed E-state index contributed by atoms with van der Waals surface area (Å²) in [4.78, 5) is 23.8. The zero-order chi connectivity index (χ0) is 14.4. The SMILES string of the molecule is Cc1cc(C)n(CCC(=O)N(C)CCCC(=O)O)n1. The highest BCUT2D eigenvalue weighted by molar-refractivity contribution is 5.75. The molecule has 0 bridgehead atoms. The summed E-state index contributed by atoms with van der Waals surface area (Å²) in [6, 6.07) is 1.97. The third-order valence-electron chi connectivity index (χ3n) is 2.95. The number of hydrogen-bond acceptors (Lipinski definition) is 3. The van der Waals surface area contributed by atoms with Gasteiger partial charge in [0.1, 0.15) is 0 Å². The number of aliphatic carboxylic acids is 1. The van der Waals surface area contributed by atoms with Crippen molar-refractivity contribution in [2.75, 3.05) is 13.6 Å². The minimum absolute atomic E-state index is 0.0120. The van der Waals surface area contributed by atoms with Crippen LogP contribution >= 0.6 is 0 Å². The highest BCUT2D eigenvalue weighted by Gasteiger charge is 2.10. The maximum absolute atomic E-state index is 11.8. The third kappa shape index (κ3) is 5.11. The lowest BCUT2D eigenvalue weighted by molar-refractivity contribution is -0.138. The monoisotopic (exact) mass is 267 g/mol. The van der Waals surface area contributed by atoms with Gasteiger partial charge in [-0.05, 0) is 26.3 Å². The molecular weight excluding hydrogens is 246 g/mol. The topological polar surface area (TPSA) is 75.4 Å². The van der Waals surface area contributed by atoms with Gasteiger partial charge in [0, 0.05) is 38.7 Å². The number of carbonyl (C=O) groups excluding carboxylic acids is 1. The van der Waals surface area contributed by atoms with E-state index in [0.717, 1.165) is 11.4 Å². The molecule has 0 aliphatic carbocycles. The Labute approximate surface area is 113 Å². The van der Waals surface area contributed by atoms with E-state index in [1.807, 2.05) is 24.6 Å². The van der Waals surface area contributed by atoms with E-state index in [4.69, 9.17) is 5.11 Å². The van der Waals surface area contributed by atoms with Crippen molar-refractivity contribution in [2.45, 2.75) is 39.7 Å². The largest absolute Gasteiger partial charge is 0.481 e. The fraction of sp³-hybridized carbons (Fsp3) is 0.615. The van der Waals surface area contributed by atoms with Gasteiger partial charge in [-0.25, -0.2) is 0 Å². The maximum atomic E-state index is 11.8. The van der Waals surface area contributed by atoms with Gasteiger partial charge in [-0.2, -0.15) is 5.10 Å². The first-order valence-corrected chi connectivity index (χ1v) is 6.37. The van der Waals surface area contributed by atoms with Crippen LogP contribution in [0.3, 0.4) is 0 Å². The zero-order valence-electron chi connectivity index (χ0n) is 11.7. The lowest BCUT2D eigenvalue weighted by atomic mass is 10.3. The summed E-state index contributed by atoms with van der Waals surface area (Å²) < 4.78 is 1.82. The highest BCUT2D eigenvalue weighted by Crippen LogP contribution is 2.04. The van der Waals surface area contributed by atoms with E-state index in [9.17, 15) is 9.59 Å². The standard InChI is InChI=1S/C13H21N3O3/c1-10-9-11(2)16(14-10)8-6-12(17)15(3)7-4-5-13(18)19/h9H,4-8H2,1-3H3,(H,18,19). The van der Waals surface area contributed by atoms with E-state index in [1.165, 1.54) is 0 Å². The van der Waals surface area contributed by atoms with Crippen molar-refractivity contribution < 1.29 is 14.7 Å². The summed E-state index contributed by atoms with van der Waals surface area (Å²) in [5.74, 6) is -0.818. The minimum Gasteiger partial charge on any atom is -0.481 e. The van der Waals surface area contributed by atoms with Crippen molar-refractivity contribution in [3.8, 4) is 0 Å². The van der Waals surface area contributed by atoms with Crippen LogP contribution in [0.15, 0.2) is 6.07 Å². The molecule has 106 valence electrons. The van der Waals surface area contributed by atoms with Gasteiger partial charge >= 0.3 is 5.97 Å². The van der Waals surface area contributed by atoms with E-state index < -0.39 is 5.97 Å². The van der Waals surface area contributed by atoms with Gasteiger partial charge < -0.3 is 10.0 Å². The average molecular weight is 267 g/mol. The minimum atomic E-state index is -0.830. The fourth-order valence-corrected chi connectivity index (χ4v) is 1.89. The number of hydrogen-bond donors (Lipinski definition) is 1. The normalized spacial score (nSPS) is 10.5. The number of aromatic nitrogens is 2. The summed E-state index contributed by atoms with van der Waals surface area (Å²) in [6.07, 6.45) is 0.956. The van der Waals surface area contributed by atoms with Gasteiger partial charge in [-0.15, -0.1) is 0 Å². The Kier molecular flexibility index (Phi) is 5.54. The summed E-state index contributed by atoms with van der Waals surface area (Å²) in [5.41, 5.74) is 1.98. The van der Waals surface area contributed by atoms with Crippen molar-refractivity contribution in [1.29, 1.82) is 0 Å². The Morgan fingerprint density at radius 2 is 2.05 bits per heavy atom. The van der Waals surface area contributed by atoms with Crippen LogP contribution in [0.4, 0.5) is 0 Å². The number of nitrogens with zero attached hydrogens (tertiary/aromatic N) is 3. The molecule has 6 nitrogen and oxygen atoms in total. The van der Waals surface area contributed by atoms with Crippen molar-refractivity contribution in [2.24, 2.45) is 0 Å². The van der Waals surface area contributed by atoms with E-state index in [0.29, 0.717) is 25.9 Å². The van der Waals surface area contributed by atoms with Gasteiger partial charge in [-0.1, -0.05) is 0 Å². The lowest BCUT2D eigenvalue weighted by Gasteiger charge is -2.16. The molecule has 0 aromatic carbocycles. The summed E-state index contributed by atoms with van der Waals surface area (Å²) in [5, 5.41) is 12.8. The van der Waals surface area contributed by atoms with E-state index >= 15 is 0 Å². The zero-order valence-corrected chi connectivity index (χ0v) is 11.7. The van der Waals surface area contributed by atoms with Gasteiger partial charge in [-0.3, -0.25) is 14.3 Å². The molecule has 0 spiro atoms. The molecule has 0 atom stereocenters. The molecule has 0 radical (unpaired) electrons. The smallest absolute Gasteiger partial charge is 0.303 e. The van der Waals surface area contributed by atoms with Gasteiger partial charge in [0.2, 0.25) is 5.91 Å². The van der Waals surface area contributed by atoms with Gasteiger partial charge in [0.15, 0.2) is 0 Å². The van der Waals surface area contributed by atoms with Crippen LogP contribution in [0.2, 0.25) is 0 Å². The van der Waals surface area contributed by atoms with E-state index in [2.05, 4.69) is 5.10 Å². The second-order valence-corrected chi connectivity index (χ2v) is 4.71. The van der Waals surface area contributed by atoms with E-state index in [1.54, 1.807) is 11.9 Å². The Morgan fingerprint density at radius 3 is 2.58 bits per heavy atom. The lowest BCUT2D eigenvalue weighted by Crippen LogP contribution is -2.29. The molecule has 19 heavy (non-hydrogen) atoms. The quantitative estimate of drug-likeness (QED) is 0.805. The molecule has 0 fully saturated rings.